The van der Waals surface area contributed by atoms with Crippen LogP contribution in [0.25, 0.3) is 0 Å². The number of benzene rings is 1. The predicted octanol–water partition coefficient (Wildman–Crippen LogP) is 3.17. The quantitative estimate of drug-likeness (QED) is 0.608. The number of amides is 1. The maximum Gasteiger partial charge on any atom is 0.253 e. The number of rotatable bonds is 9. The van der Waals surface area contributed by atoms with Gasteiger partial charge in [-0.15, -0.1) is 0 Å². The minimum atomic E-state index is -3.62. The van der Waals surface area contributed by atoms with Gasteiger partial charge in [0.2, 0.25) is 10.0 Å². The Morgan fingerprint density at radius 1 is 1.12 bits per heavy atom. The Hall–Kier alpha value is -1.64. The van der Waals surface area contributed by atoms with Gasteiger partial charge in [-0.3, -0.25) is 9.69 Å². The van der Waals surface area contributed by atoms with E-state index in [0.717, 1.165) is 50.6 Å². The van der Waals surface area contributed by atoms with E-state index in [1.807, 2.05) is 19.9 Å². The third kappa shape index (κ3) is 5.64. The van der Waals surface area contributed by atoms with E-state index in [-0.39, 0.29) is 16.8 Å². The standard InChI is InChI=1S/C24H40N4O3S/c1-5-28(6-2)32(30,31)21-9-10-23(27-13-7-8-14-27)22(17-21)24(29)25-18-20(4)26-15-11-19(3)12-16-26/h9-10,17,19-20H,5-8,11-16,18H2,1-4H3,(H,25,29). The van der Waals surface area contributed by atoms with Gasteiger partial charge in [0.1, 0.15) is 0 Å². The Kier molecular flexibility index (Phi) is 8.58. The van der Waals surface area contributed by atoms with E-state index in [9.17, 15) is 13.2 Å². The lowest BCUT2D eigenvalue weighted by molar-refractivity contribution is 0.0922. The van der Waals surface area contributed by atoms with Gasteiger partial charge in [0.05, 0.1) is 10.5 Å². The smallest absolute Gasteiger partial charge is 0.253 e. The second-order valence-corrected chi connectivity index (χ2v) is 11.2. The minimum Gasteiger partial charge on any atom is -0.371 e. The lowest BCUT2D eigenvalue weighted by Crippen LogP contribution is -2.45. The van der Waals surface area contributed by atoms with Crippen LogP contribution < -0.4 is 10.2 Å². The van der Waals surface area contributed by atoms with Crippen LogP contribution in [0.2, 0.25) is 0 Å². The van der Waals surface area contributed by atoms with Crippen molar-refractivity contribution in [3.8, 4) is 0 Å². The van der Waals surface area contributed by atoms with Crippen molar-refractivity contribution in [2.45, 2.75) is 64.3 Å². The molecule has 2 saturated heterocycles. The van der Waals surface area contributed by atoms with Gasteiger partial charge in [-0.1, -0.05) is 20.8 Å². The van der Waals surface area contributed by atoms with Crippen molar-refractivity contribution in [3.63, 3.8) is 0 Å². The minimum absolute atomic E-state index is 0.187. The average molecular weight is 465 g/mol. The Labute approximate surface area is 194 Å². The molecule has 2 aliphatic rings. The number of anilines is 1. The Bertz CT molecular complexity index is 871. The van der Waals surface area contributed by atoms with Crippen molar-refractivity contribution < 1.29 is 13.2 Å². The molecule has 8 heteroatoms. The van der Waals surface area contributed by atoms with Gasteiger partial charge in [0.15, 0.2) is 0 Å². The van der Waals surface area contributed by atoms with Crippen LogP contribution in [0.15, 0.2) is 23.1 Å². The molecule has 2 heterocycles. The van der Waals surface area contributed by atoms with Crippen molar-refractivity contribution in [2.24, 2.45) is 5.92 Å². The SMILES string of the molecule is CCN(CC)S(=O)(=O)c1ccc(N2CCCC2)c(C(=O)NCC(C)N2CCC(C)CC2)c1. The zero-order chi connectivity index (χ0) is 23.3. The van der Waals surface area contributed by atoms with Crippen molar-refractivity contribution >= 4 is 21.6 Å². The van der Waals surface area contributed by atoms with Crippen LogP contribution in [0.5, 0.6) is 0 Å². The highest BCUT2D eigenvalue weighted by molar-refractivity contribution is 7.89. The zero-order valence-electron chi connectivity index (χ0n) is 20.1. The summed E-state index contributed by atoms with van der Waals surface area (Å²) in [6, 6.07) is 5.29. The van der Waals surface area contributed by atoms with Gasteiger partial charge in [0, 0.05) is 44.5 Å². The number of nitrogens with one attached hydrogen (secondary N) is 1. The average Bonchev–Trinajstić information content (AvgIpc) is 3.32. The van der Waals surface area contributed by atoms with Crippen LogP contribution in [-0.4, -0.2) is 75.4 Å². The maximum absolute atomic E-state index is 13.3. The van der Waals surface area contributed by atoms with Crippen LogP contribution in [0.3, 0.4) is 0 Å². The van der Waals surface area contributed by atoms with Gasteiger partial charge in [-0.25, -0.2) is 8.42 Å². The fourth-order valence-corrected chi connectivity index (χ4v) is 6.22. The van der Waals surface area contributed by atoms with Crippen LogP contribution in [0.1, 0.15) is 63.7 Å². The second kappa shape index (κ2) is 11.0. The number of hydrogen-bond acceptors (Lipinski definition) is 5. The van der Waals surface area contributed by atoms with E-state index in [1.165, 1.54) is 17.1 Å². The molecule has 2 aliphatic heterocycles. The van der Waals surface area contributed by atoms with Gasteiger partial charge in [-0.05, 0) is 69.8 Å². The van der Waals surface area contributed by atoms with Gasteiger partial charge >= 0.3 is 0 Å². The highest BCUT2D eigenvalue weighted by atomic mass is 32.2. The van der Waals surface area contributed by atoms with Crippen molar-refractivity contribution in [3.05, 3.63) is 23.8 Å². The third-order valence-electron chi connectivity index (χ3n) is 7.00. The summed E-state index contributed by atoms with van der Waals surface area (Å²) in [7, 11) is -3.62. The summed E-state index contributed by atoms with van der Waals surface area (Å²) in [5.41, 5.74) is 1.29. The molecule has 1 N–H and O–H groups in total. The fourth-order valence-electron chi connectivity index (χ4n) is 4.74. The molecule has 180 valence electrons. The van der Waals surface area contributed by atoms with Crippen molar-refractivity contribution in [1.82, 2.24) is 14.5 Å². The molecule has 1 unspecified atom stereocenters. The molecule has 0 bridgehead atoms. The van der Waals surface area contributed by atoms with Crippen LogP contribution in [-0.2, 0) is 10.0 Å². The molecule has 1 aromatic rings. The topological polar surface area (TPSA) is 73.0 Å². The fraction of sp³-hybridized carbons (Fsp3) is 0.708. The van der Waals surface area contributed by atoms with Gasteiger partial charge in [-0.2, -0.15) is 4.31 Å². The van der Waals surface area contributed by atoms with E-state index < -0.39 is 10.0 Å². The lowest BCUT2D eigenvalue weighted by atomic mass is 9.98. The number of sulfonamides is 1. The number of nitrogens with zero attached hydrogens (tertiary/aromatic N) is 3. The third-order valence-corrected chi connectivity index (χ3v) is 9.05. The van der Waals surface area contributed by atoms with Crippen molar-refractivity contribution in [2.75, 3.05) is 50.7 Å². The summed E-state index contributed by atoms with van der Waals surface area (Å²) in [5.74, 6) is 0.576. The van der Waals surface area contributed by atoms with E-state index in [2.05, 4.69) is 29.0 Å². The molecule has 0 spiro atoms. The summed E-state index contributed by atoms with van der Waals surface area (Å²) < 4.78 is 27.6. The molecule has 32 heavy (non-hydrogen) atoms. The first kappa shape index (κ1) is 25.0. The molecule has 0 saturated carbocycles. The zero-order valence-corrected chi connectivity index (χ0v) is 21.0. The summed E-state index contributed by atoms with van der Waals surface area (Å²) in [6.45, 7) is 13.4. The first-order chi connectivity index (χ1) is 15.3. The second-order valence-electron chi connectivity index (χ2n) is 9.24. The molecule has 7 nitrogen and oxygen atoms in total. The lowest BCUT2D eigenvalue weighted by Gasteiger charge is -2.35. The summed E-state index contributed by atoms with van der Waals surface area (Å²) in [4.78, 5) is 18.1. The Balaban J connectivity index is 1.81. The van der Waals surface area contributed by atoms with E-state index in [4.69, 9.17) is 0 Å². The monoisotopic (exact) mass is 464 g/mol. The number of likely N-dealkylation sites (tertiary alicyclic amines) is 1. The van der Waals surface area contributed by atoms with Gasteiger partial charge in [0.25, 0.3) is 5.91 Å². The van der Waals surface area contributed by atoms with E-state index >= 15 is 0 Å². The molecule has 1 aromatic carbocycles. The summed E-state index contributed by atoms with van der Waals surface area (Å²) in [6.07, 6.45) is 4.57. The summed E-state index contributed by atoms with van der Waals surface area (Å²) in [5, 5.41) is 3.09. The van der Waals surface area contributed by atoms with Crippen LogP contribution in [0.4, 0.5) is 5.69 Å². The largest absolute Gasteiger partial charge is 0.371 e. The molecule has 1 amide bonds. The highest BCUT2D eigenvalue weighted by Crippen LogP contribution is 2.28. The normalized spacial score (nSPS) is 19.5. The van der Waals surface area contributed by atoms with Crippen molar-refractivity contribution in [1.29, 1.82) is 0 Å². The van der Waals surface area contributed by atoms with Crippen LogP contribution >= 0.6 is 0 Å². The number of carbonyl (C=O) groups excluding carboxylic acids is 1. The molecule has 0 aromatic heterocycles. The molecule has 2 fully saturated rings. The Morgan fingerprint density at radius 2 is 1.75 bits per heavy atom. The molecular formula is C24H40N4O3S. The van der Waals surface area contributed by atoms with E-state index in [1.54, 1.807) is 12.1 Å². The molecule has 3 rings (SSSR count). The first-order valence-electron chi connectivity index (χ1n) is 12.2. The highest BCUT2D eigenvalue weighted by Gasteiger charge is 2.27. The van der Waals surface area contributed by atoms with Gasteiger partial charge < -0.3 is 10.2 Å². The number of piperidine rings is 1. The number of hydrogen-bond donors (Lipinski definition) is 1. The molecular weight excluding hydrogens is 424 g/mol. The Morgan fingerprint density at radius 3 is 2.34 bits per heavy atom. The molecule has 0 aliphatic carbocycles. The molecule has 1 atom stereocenters. The molecule has 0 radical (unpaired) electrons. The van der Waals surface area contributed by atoms with E-state index in [0.29, 0.717) is 25.2 Å². The summed E-state index contributed by atoms with van der Waals surface area (Å²) >= 11 is 0. The predicted molar refractivity (Wildman–Crippen MR) is 130 cm³/mol. The first-order valence-corrected chi connectivity index (χ1v) is 13.6. The van der Waals surface area contributed by atoms with Crippen LogP contribution in [0, 0.1) is 5.92 Å². The number of carbonyl (C=O) groups is 1. The maximum atomic E-state index is 13.3.